The number of hydrogen-bond donors (Lipinski definition) is 1. The normalized spacial score (nSPS) is 10.6. The van der Waals surface area contributed by atoms with Gasteiger partial charge in [-0.2, -0.15) is 4.98 Å². The molecule has 2 aromatic rings. The quantitative estimate of drug-likeness (QED) is 0.726. The van der Waals surface area contributed by atoms with Crippen molar-refractivity contribution in [3.8, 4) is 5.75 Å². The van der Waals surface area contributed by atoms with Gasteiger partial charge >= 0.3 is 0 Å². The number of aromatic nitrogens is 2. The van der Waals surface area contributed by atoms with Crippen molar-refractivity contribution < 1.29 is 14.0 Å². The van der Waals surface area contributed by atoms with E-state index in [1.807, 2.05) is 24.3 Å². The third-order valence-electron chi connectivity index (χ3n) is 2.51. The van der Waals surface area contributed by atoms with Crippen molar-refractivity contribution in [3.63, 3.8) is 0 Å². The van der Waals surface area contributed by atoms with E-state index in [0.29, 0.717) is 19.0 Å². The van der Waals surface area contributed by atoms with E-state index in [1.54, 1.807) is 7.11 Å². The number of methoxy groups -OCH3 is 1. The topological polar surface area (TPSA) is 69.4 Å². The SMILES string of the molecule is COCCNCc1ccc(OCc2ncon2)cc1. The van der Waals surface area contributed by atoms with E-state index < -0.39 is 0 Å². The van der Waals surface area contributed by atoms with Gasteiger partial charge < -0.3 is 19.3 Å². The van der Waals surface area contributed by atoms with E-state index in [2.05, 4.69) is 20.0 Å². The Bertz CT molecular complexity index is 456. The van der Waals surface area contributed by atoms with Crippen molar-refractivity contribution in [2.75, 3.05) is 20.3 Å². The summed E-state index contributed by atoms with van der Waals surface area (Å²) >= 11 is 0. The molecule has 6 nitrogen and oxygen atoms in total. The monoisotopic (exact) mass is 263 g/mol. The molecule has 0 aliphatic carbocycles. The van der Waals surface area contributed by atoms with Crippen LogP contribution in [0.15, 0.2) is 35.2 Å². The highest BCUT2D eigenvalue weighted by molar-refractivity contribution is 5.27. The number of benzene rings is 1. The highest BCUT2D eigenvalue weighted by Crippen LogP contribution is 2.13. The van der Waals surface area contributed by atoms with E-state index in [4.69, 9.17) is 9.47 Å². The van der Waals surface area contributed by atoms with Crippen molar-refractivity contribution in [3.05, 3.63) is 42.0 Å². The van der Waals surface area contributed by atoms with Gasteiger partial charge in [0.25, 0.3) is 0 Å². The summed E-state index contributed by atoms with van der Waals surface area (Å²) in [5.74, 6) is 1.32. The molecular weight excluding hydrogens is 246 g/mol. The lowest BCUT2D eigenvalue weighted by Crippen LogP contribution is -2.18. The zero-order valence-corrected chi connectivity index (χ0v) is 10.8. The fourth-order valence-corrected chi connectivity index (χ4v) is 1.51. The van der Waals surface area contributed by atoms with Crippen LogP contribution in [0.3, 0.4) is 0 Å². The van der Waals surface area contributed by atoms with Gasteiger partial charge in [-0.3, -0.25) is 0 Å². The molecule has 0 amide bonds. The fraction of sp³-hybridized carbons (Fsp3) is 0.385. The summed E-state index contributed by atoms with van der Waals surface area (Å²) in [6.07, 6.45) is 1.29. The molecule has 0 saturated carbocycles. The summed E-state index contributed by atoms with van der Waals surface area (Å²) in [5.41, 5.74) is 1.20. The summed E-state index contributed by atoms with van der Waals surface area (Å²) in [5, 5.41) is 6.95. The molecule has 1 N–H and O–H groups in total. The second kappa shape index (κ2) is 7.50. The molecule has 1 heterocycles. The van der Waals surface area contributed by atoms with Gasteiger partial charge in [0.15, 0.2) is 6.61 Å². The van der Waals surface area contributed by atoms with Crippen molar-refractivity contribution in [2.24, 2.45) is 0 Å². The molecule has 0 atom stereocenters. The third-order valence-corrected chi connectivity index (χ3v) is 2.51. The van der Waals surface area contributed by atoms with Crippen molar-refractivity contribution in [2.45, 2.75) is 13.2 Å². The lowest BCUT2D eigenvalue weighted by Gasteiger charge is -2.06. The molecule has 1 aromatic heterocycles. The van der Waals surface area contributed by atoms with Crippen LogP contribution in [-0.4, -0.2) is 30.4 Å². The predicted molar refractivity (Wildman–Crippen MR) is 68.7 cm³/mol. The Kier molecular flexibility index (Phi) is 5.33. The van der Waals surface area contributed by atoms with Gasteiger partial charge in [0, 0.05) is 20.2 Å². The Balaban J connectivity index is 1.74. The smallest absolute Gasteiger partial charge is 0.213 e. The number of hydrogen-bond acceptors (Lipinski definition) is 6. The second-order valence-electron chi connectivity index (χ2n) is 3.95. The molecule has 0 fully saturated rings. The van der Waals surface area contributed by atoms with Crippen LogP contribution in [0.4, 0.5) is 0 Å². The highest BCUT2D eigenvalue weighted by Gasteiger charge is 2.00. The maximum absolute atomic E-state index is 5.52. The van der Waals surface area contributed by atoms with Gasteiger partial charge in [0.1, 0.15) is 5.75 Å². The number of ether oxygens (including phenoxy) is 2. The lowest BCUT2D eigenvalue weighted by atomic mass is 10.2. The van der Waals surface area contributed by atoms with Gasteiger partial charge in [-0.15, -0.1) is 0 Å². The van der Waals surface area contributed by atoms with Crippen LogP contribution in [0, 0.1) is 0 Å². The summed E-state index contributed by atoms with van der Waals surface area (Å²) in [6.45, 7) is 2.68. The molecule has 2 rings (SSSR count). The summed E-state index contributed by atoms with van der Waals surface area (Å²) < 4.78 is 15.1. The average Bonchev–Trinajstić information content (AvgIpc) is 2.96. The molecule has 0 saturated heterocycles. The molecule has 0 unspecified atom stereocenters. The molecule has 102 valence electrons. The van der Waals surface area contributed by atoms with E-state index in [9.17, 15) is 0 Å². The maximum atomic E-state index is 5.52. The highest BCUT2D eigenvalue weighted by atomic mass is 16.5. The van der Waals surface area contributed by atoms with Gasteiger partial charge in [-0.1, -0.05) is 17.3 Å². The fourth-order valence-electron chi connectivity index (χ4n) is 1.51. The summed E-state index contributed by atoms with van der Waals surface area (Å²) in [4.78, 5) is 3.88. The third kappa shape index (κ3) is 4.69. The number of nitrogens with one attached hydrogen (secondary N) is 1. The minimum Gasteiger partial charge on any atom is -0.485 e. The number of rotatable bonds is 8. The Hall–Kier alpha value is -1.92. The zero-order chi connectivity index (χ0) is 13.3. The van der Waals surface area contributed by atoms with Gasteiger partial charge in [0.2, 0.25) is 12.2 Å². The number of nitrogens with zero attached hydrogens (tertiary/aromatic N) is 2. The Morgan fingerprint density at radius 2 is 2.11 bits per heavy atom. The maximum Gasteiger partial charge on any atom is 0.213 e. The van der Waals surface area contributed by atoms with E-state index in [-0.39, 0.29) is 0 Å². The average molecular weight is 263 g/mol. The van der Waals surface area contributed by atoms with Gasteiger partial charge in [-0.25, -0.2) is 0 Å². The molecule has 0 aliphatic rings. The minimum absolute atomic E-state index is 0.307. The first-order valence-corrected chi connectivity index (χ1v) is 6.05. The molecule has 0 radical (unpaired) electrons. The lowest BCUT2D eigenvalue weighted by molar-refractivity contribution is 0.199. The summed E-state index contributed by atoms with van der Waals surface area (Å²) in [6, 6.07) is 7.89. The first-order valence-electron chi connectivity index (χ1n) is 6.05. The molecule has 1 aromatic carbocycles. The molecular formula is C13H17N3O3. The first-order chi connectivity index (χ1) is 9.38. The van der Waals surface area contributed by atoms with Gasteiger partial charge in [-0.05, 0) is 17.7 Å². The minimum atomic E-state index is 0.307. The van der Waals surface area contributed by atoms with Crippen LogP contribution in [0.1, 0.15) is 11.4 Å². The Morgan fingerprint density at radius 3 is 2.79 bits per heavy atom. The molecule has 19 heavy (non-hydrogen) atoms. The van der Waals surface area contributed by atoms with E-state index >= 15 is 0 Å². The van der Waals surface area contributed by atoms with Crippen LogP contribution < -0.4 is 10.1 Å². The largest absolute Gasteiger partial charge is 0.485 e. The van der Waals surface area contributed by atoms with Crippen LogP contribution in [0.5, 0.6) is 5.75 Å². The Morgan fingerprint density at radius 1 is 1.26 bits per heavy atom. The van der Waals surface area contributed by atoms with E-state index in [0.717, 1.165) is 18.8 Å². The molecule has 0 spiro atoms. The standard InChI is InChI=1S/C13H17N3O3/c1-17-7-6-14-8-11-2-4-12(5-3-11)18-9-13-15-10-19-16-13/h2-5,10,14H,6-9H2,1H3. The second-order valence-corrected chi connectivity index (χ2v) is 3.95. The van der Waals surface area contributed by atoms with Crippen LogP contribution in [0.2, 0.25) is 0 Å². The van der Waals surface area contributed by atoms with E-state index in [1.165, 1.54) is 12.0 Å². The Labute approximate surface area is 111 Å². The van der Waals surface area contributed by atoms with Crippen LogP contribution in [0.25, 0.3) is 0 Å². The zero-order valence-electron chi connectivity index (χ0n) is 10.8. The molecule has 0 aliphatic heterocycles. The van der Waals surface area contributed by atoms with Crippen LogP contribution in [-0.2, 0) is 17.9 Å². The van der Waals surface area contributed by atoms with Crippen molar-refractivity contribution in [1.29, 1.82) is 0 Å². The van der Waals surface area contributed by atoms with Crippen molar-refractivity contribution in [1.82, 2.24) is 15.5 Å². The molecule has 0 bridgehead atoms. The van der Waals surface area contributed by atoms with Crippen LogP contribution >= 0.6 is 0 Å². The van der Waals surface area contributed by atoms with Gasteiger partial charge in [0.05, 0.1) is 6.61 Å². The van der Waals surface area contributed by atoms with Crippen molar-refractivity contribution >= 4 is 0 Å². The predicted octanol–water partition coefficient (Wildman–Crippen LogP) is 1.38. The summed E-state index contributed by atoms with van der Waals surface area (Å²) in [7, 11) is 1.69. The molecule has 6 heteroatoms. The first kappa shape index (κ1) is 13.5.